The molecule has 5 heavy (non-hydrogen) atoms. The molecule has 0 unspecified atom stereocenters. The first-order chi connectivity index (χ1) is 0. The summed E-state index contributed by atoms with van der Waals surface area (Å²) >= 11 is 0. The fraction of sp³-hybridized carbons (Fsp3) is 1.00. The van der Waals surface area contributed by atoms with E-state index in [2.05, 4.69) is 0 Å². The maximum Gasteiger partial charge on any atom is -0.0776 e. The van der Waals surface area contributed by atoms with Crippen molar-refractivity contribution < 1.29 is 26.5 Å². The Hall–Kier alpha value is 0.0800. The van der Waals surface area contributed by atoms with Crippen molar-refractivity contribution in [1.82, 2.24) is 0 Å². The van der Waals surface area contributed by atoms with Crippen molar-refractivity contribution in [3.8, 4) is 0 Å². The second-order valence-corrected chi connectivity index (χ2v) is 0. The van der Waals surface area contributed by atoms with Crippen LogP contribution in [-0.2, 0) is 0 Å². The summed E-state index contributed by atoms with van der Waals surface area (Å²) in [6.07, 6.45) is 0. The van der Waals surface area contributed by atoms with E-state index in [1.807, 2.05) is 0 Å². The standard InChI is InChI=1S/CH4.ClH.3FH/h1H4;4*1H/p-4. The van der Waals surface area contributed by atoms with Gasteiger partial charge in [-0.25, -0.2) is 0 Å². The second kappa shape index (κ2) is 6050. The highest BCUT2D eigenvalue weighted by atomic mass is 35.5. The van der Waals surface area contributed by atoms with E-state index in [-0.39, 0.29) is 33.9 Å². The van der Waals surface area contributed by atoms with Gasteiger partial charge in [0.05, 0.1) is 0 Å². The molecule has 0 saturated heterocycles. The van der Waals surface area contributed by atoms with Crippen LogP contribution in [-0.4, -0.2) is 0 Å². The van der Waals surface area contributed by atoms with Crippen LogP contribution in [0.1, 0.15) is 7.43 Å². The summed E-state index contributed by atoms with van der Waals surface area (Å²) in [6.45, 7) is 0. The second-order valence-electron chi connectivity index (χ2n) is 0. The minimum Gasteiger partial charge on any atom is -1.00 e. The SMILES string of the molecule is C.[Cl-].[F-].[F-].[F-]. The zero-order chi connectivity index (χ0) is 0. The van der Waals surface area contributed by atoms with Crippen LogP contribution >= 0.6 is 0 Å². The fourth-order valence-electron chi connectivity index (χ4n) is 0. The predicted molar refractivity (Wildman–Crippen MR) is 6.73 cm³/mol. The third kappa shape index (κ3) is 2760. The lowest BCUT2D eigenvalue weighted by atomic mass is 12.0. The first kappa shape index (κ1) is 13200. The number of halogens is 4. The zero-order valence-electron chi connectivity index (χ0n) is 1.51. The summed E-state index contributed by atoms with van der Waals surface area (Å²) in [5, 5.41) is 0. The molecule has 0 rings (SSSR count). The molecular formula is CH4ClF3-4. The molecular weight excluding hydrogens is 104 g/mol. The van der Waals surface area contributed by atoms with Gasteiger partial charge >= 0.3 is 0 Å². The summed E-state index contributed by atoms with van der Waals surface area (Å²) in [5.41, 5.74) is 0. The molecule has 0 aliphatic rings. The highest BCUT2D eigenvalue weighted by Crippen LogP contribution is 0.144. The van der Waals surface area contributed by atoms with Crippen LogP contribution in [0.2, 0.25) is 0 Å². The van der Waals surface area contributed by atoms with Gasteiger partial charge < -0.3 is 26.5 Å². The zero-order valence-corrected chi connectivity index (χ0v) is 2.27. The first-order valence-electron chi connectivity index (χ1n) is 0. The van der Waals surface area contributed by atoms with Crippen molar-refractivity contribution in [3.05, 3.63) is 0 Å². The van der Waals surface area contributed by atoms with E-state index in [0.717, 1.165) is 0 Å². The van der Waals surface area contributed by atoms with Crippen LogP contribution in [0.3, 0.4) is 0 Å². The molecule has 0 heterocycles. The molecule has 0 aliphatic heterocycles. The monoisotopic (exact) mass is 108 g/mol. The molecule has 0 fully saturated rings. The van der Waals surface area contributed by atoms with Gasteiger partial charge in [-0.05, 0) is 0 Å². The van der Waals surface area contributed by atoms with Gasteiger partial charge in [0.25, 0.3) is 0 Å². The summed E-state index contributed by atoms with van der Waals surface area (Å²) in [4.78, 5) is 0. The topological polar surface area (TPSA) is 0 Å². The molecule has 0 aromatic rings. The lowest BCUT2D eigenvalue weighted by molar-refractivity contribution is -0.00100. The average Bonchev–Trinajstić information content (AvgIpc) is 0. The molecule has 0 bridgehead atoms. The van der Waals surface area contributed by atoms with Gasteiger partial charge in [-0.1, -0.05) is 7.43 Å². The molecule has 4 heteroatoms. The summed E-state index contributed by atoms with van der Waals surface area (Å²) in [6, 6.07) is 0. The van der Waals surface area contributed by atoms with Crippen molar-refractivity contribution in [2.24, 2.45) is 0 Å². The number of rotatable bonds is 0. The van der Waals surface area contributed by atoms with Crippen LogP contribution < -0.4 is 26.5 Å². The van der Waals surface area contributed by atoms with Crippen LogP contribution in [0, 0.1) is 0 Å². The van der Waals surface area contributed by atoms with Crippen molar-refractivity contribution in [2.75, 3.05) is 0 Å². The Bertz CT molecular complexity index is 6.85. The summed E-state index contributed by atoms with van der Waals surface area (Å²) < 4.78 is 0. The Morgan fingerprint density at radius 2 is 0.600 bits per heavy atom. The van der Waals surface area contributed by atoms with E-state index in [1.54, 1.807) is 0 Å². The van der Waals surface area contributed by atoms with E-state index in [9.17, 15) is 0 Å². The van der Waals surface area contributed by atoms with Crippen LogP contribution in [0.4, 0.5) is 0 Å². The molecule has 0 atom stereocenters. The predicted octanol–water partition coefficient (Wildman–Crippen LogP) is -11.3. The largest absolute Gasteiger partial charge is 1.00 e. The molecule has 0 amide bonds. The Morgan fingerprint density at radius 3 is 0.600 bits per heavy atom. The average molecular weight is 108 g/mol. The number of hydrogen-bond donors (Lipinski definition) is 0. The third-order valence-electron chi connectivity index (χ3n) is 0. The van der Waals surface area contributed by atoms with Gasteiger partial charge in [-0.2, -0.15) is 0 Å². The molecule has 0 nitrogen and oxygen atoms in total. The first-order valence-corrected chi connectivity index (χ1v) is 0. The molecule has 0 aromatic carbocycles. The Balaban J connectivity index is 0. The Labute approximate surface area is 35.1 Å². The van der Waals surface area contributed by atoms with Crippen LogP contribution in [0.25, 0.3) is 0 Å². The van der Waals surface area contributed by atoms with Gasteiger partial charge in [0, 0.05) is 0 Å². The maximum absolute atomic E-state index is 0. The van der Waals surface area contributed by atoms with Gasteiger partial charge in [0.2, 0.25) is 0 Å². The van der Waals surface area contributed by atoms with Crippen LogP contribution in [0.15, 0.2) is 0 Å². The van der Waals surface area contributed by atoms with Crippen molar-refractivity contribution in [1.29, 1.82) is 0 Å². The third-order valence-corrected chi connectivity index (χ3v) is 0. The maximum atomic E-state index is 0. The molecule has 0 aliphatic carbocycles. The van der Waals surface area contributed by atoms with Gasteiger partial charge in [-0.3, -0.25) is 0 Å². The van der Waals surface area contributed by atoms with E-state index < -0.39 is 0 Å². The normalized spacial score (nSPS) is 0. The Morgan fingerprint density at radius 1 is 0.600 bits per heavy atom. The molecule has 0 N–H and O–H groups in total. The van der Waals surface area contributed by atoms with Crippen molar-refractivity contribution in [3.63, 3.8) is 0 Å². The quantitative estimate of drug-likeness (QED) is 0.289. The molecule has 0 spiro atoms. The fourth-order valence-corrected chi connectivity index (χ4v) is 0. The smallest absolute Gasteiger partial charge is 0.0776 e. The van der Waals surface area contributed by atoms with Crippen molar-refractivity contribution in [2.45, 2.75) is 7.43 Å². The molecule has 0 radical (unpaired) electrons. The van der Waals surface area contributed by atoms with E-state index in [4.69, 9.17) is 0 Å². The molecule has 0 saturated carbocycles. The van der Waals surface area contributed by atoms with E-state index in [0.29, 0.717) is 0 Å². The lowest BCUT2D eigenvalue weighted by Gasteiger charge is -1.00. The number of hydrogen-bond acceptors (Lipinski definition) is 0. The van der Waals surface area contributed by atoms with Crippen molar-refractivity contribution >= 4 is 0 Å². The van der Waals surface area contributed by atoms with Gasteiger partial charge in [-0.15, -0.1) is 0 Å². The summed E-state index contributed by atoms with van der Waals surface area (Å²) in [5.74, 6) is 0. The highest BCUT2D eigenvalue weighted by molar-refractivity contribution is 2.50. The van der Waals surface area contributed by atoms with Gasteiger partial charge in [0.1, 0.15) is 0 Å². The minimum atomic E-state index is 0. The minimum absolute atomic E-state index is 0. The van der Waals surface area contributed by atoms with Crippen LogP contribution in [0.5, 0.6) is 0 Å². The van der Waals surface area contributed by atoms with Gasteiger partial charge in [0.15, 0.2) is 0 Å². The van der Waals surface area contributed by atoms with E-state index >= 15 is 0 Å². The lowest BCUT2D eigenvalue weighted by Crippen LogP contribution is -3.00. The summed E-state index contributed by atoms with van der Waals surface area (Å²) in [7, 11) is 0. The Kier molecular flexibility index (Phi) is 16000000. The highest BCUT2D eigenvalue weighted by Gasteiger charge is -0.0776. The molecule has 40 valence electrons. The van der Waals surface area contributed by atoms with E-state index in [1.165, 1.54) is 0 Å². The molecule has 0 aromatic heterocycles.